The van der Waals surface area contributed by atoms with Crippen molar-refractivity contribution in [3.63, 3.8) is 0 Å². The topological polar surface area (TPSA) is 80.0 Å². The van der Waals surface area contributed by atoms with Gasteiger partial charge in [-0.3, -0.25) is 4.79 Å². The number of thiophene rings is 1. The van der Waals surface area contributed by atoms with Crippen LogP contribution in [0.3, 0.4) is 0 Å². The maximum atomic E-state index is 11.9. The number of nitrogens with zero attached hydrogens (tertiary/aromatic N) is 1. The minimum Gasteiger partial charge on any atom is -0.366 e. The van der Waals surface area contributed by atoms with Crippen LogP contribution in [0.1, 0.15) is 29.6 Å². The maximum Gasteiger partial charge on any atom is 0.251 e. The molecule has 0 aliphatic carbocycles. The molecule has 140 valence electrons. The number of carbonyl (C=O) groups excluding carboxylic acids is 1. The number of primary amides is 1. The summed E-state index contributed by atoms with van der Waals surface area (Å²) in [5.74, 6) is 0.347. The fraction of sp³-hybridized carbons (Fsp3) is 0.300. The number of halogens is 1. The van der Waals surface area contributed by atoms with Gasteiger partial charge in [0, 0.05) is 34.1 Å². The van der Waals surface area contributed by atoms with Crippen LogP contribution in [-0.2, 0) is 0 Å². The molecule has 5 nitrogen and oxygen atoms in total. The van der Waals surface area contributed by atoms with Crippen LogP contribution < -0.4 is 16.4 Å². The van der Waals surface area contributed by atoms with E-state index in [-0.39, 0.29) is 0 Å². The summed E-state index contributed by atoms with van der Waals surface area (Å²) in [5.41, 5.74) is 7.09. The first-order chi connectivity index (χ1) is 13.1. The van der Waals surface area contributed by atoms with Gasteiger partial charge in [-0.15, -0.1) is 11.3 Å². The predicted molar refractivity (Wildman–Crippen MR) is 113 cm³/mol. The summed E-state index contributed by atoms with van der Waals surface area (Å²) in [6.07, 6.45) is 5.06. The van der Waals surface area contributed by atoms with Crippen molar-refractivity contribution in [3.05, 3.63) is 47.1 Å². The molecule has 27 heavy (non-hydrogen) atoms. The van der Waals surface area contributed by atoms with E-state index in [2.05, 4.69) is 21.7 Å². The van der Waals surface area contributed by atoms with Gasteiger partial charge >= 0.3 is 0 Å². The molecular formula is C20H21ClN4OS. The van der Waals surface area contributed by atoms with Crippen LogP contribution in [0.4, 0.5) is 5.82 Å². The van der Waals surface area contributed by atoms with Crippen LogP contribution in [0.2, 0.25) is 5.02 Å². The number of benzene rings is 1. The first kappa shape index (κ1) is 18.2. The Morgan fingerprint density at radius 1 is 1.30 bits per heavy atom. The lowest BCUT2D eigenvalue weighted by Gasteiger charge is -2.18. The van der Waals surface area contributed by atoms with E-state index in [1.165, 1.54) is 12.8 Å². The Kier molecular flexibility index (Phi) is 5.29. The van der Waals surface area contributed by atoms with Crippen LogP contribution in [0, 0.1) is 0 Å². The lowest BCUT2D eigenvalue weighted by Crippen LogP contribution is -2.31. The number of pyridine rings is 1. The fourth-order valence-corrected chi connectivity index (χ4v) is 4.71. The molecule has 3 heterocycles. The van der Waals surface area contributed by atoms with Gasteiger partial charge in [-0.05, 0) is 43.1 Å². The van der Waals surface area contributed by atoms with Crippen LogP contribution in [0.25, 0.3) is 20.5 Å². The largest absolute Gasteiger partial charge is 0.366 e. The zero-order valence-electron chi connectivity index (χ0n) is 14.8. The van der Waals surface area contributed by atoms with Gasteiger partial charge in [-0.2, -0.15) is 0 Å². The minimum atomic E-state index is -0.459. The summed E-state index contributed by atoms with van der Waals surface area (Å²) >= 11 is 7.56. The Labute approximate surface area is 166 Å². The molecule has 0 radical (unpaired) electrons. The average Bonchev–Trinajstić information content (AvgIpc) is 2.94. The molecule has 2 aromatic heterocycles. The van der Waals surface area contributed by atoms with Gasteiger partial charge < -0.3 is 16.4 Å². The third kappa shape index (κ3) is 3.93. The monoisotopic (exact) mass is 400 g/mol. The number of rotatable bonds is 4. The van der Waals surface area contributed by atoms with Crippen molar-refractivity contribution < 1.29 is 4.79 Å². The van der Waals surface area contributed by atoms with Gasteiger partial charge in [0.2, 0.25) is 0 Å². The standard InChI is InChI=1S/C20H21ClN4OS/c21-13-6-4-12(5-7-13)17-9-15-18(27-17)16(19(22)26)11-24-20(15)25-14-3-1-2-8-23-10-14/h4-7,9,11,14,23H,1-3,8,10H2,(H2,22,26)(H,24,25)/t14-/m0/s1. The number of amides is 1. The Morgan fingerprint density at radius 2 is 2.11 bits per heavy atom. The van der Waals surface area contributed by atoms with Crippen molar-refractivity contribution in [1.82, 2.24) is 10.3 Å². The Bertz CT molecular complexity index is 962. The molecule has 1 fully saturated rings. The number of carbonyl (C=O) groups is 1. The molecule has 1 aliphatic heterocycles. The van der Waals surface area contributed by atoms with Crippen molar-refractivity contribution >= 4 is 44.7 Å². The van der Waals surface area contributed by atoms with Crippen molar-refractivity contribution in [2.45, 2.75) is 25.3 Å². The predicted octanol–water partition coefficient (Wildman–Crippen LogP) is 4.27. The number of hydrogen-bond donors (Lipinski definition) is 3. The number of anilines is 1. The second-order valence-corrected chi connectivity index (χ2v) is 8.27. The Morgan fingerprint density at radius 3 is 2.89 bits per heavy atom. The van der Waals surface area contributed by atoms with Crippen molar-refractivity contribution in [2.75, 3.05) is 18.4 Å². The summed E-state index contributed by atoms with van der Waals surface area (Å²) in [6, 6.07) is 10.1. The number of aromatic nitrogens is 1. The van der Waals surface area contributed by atoms with Crippen molar-refractivity contribution in [1.29, 1.82) is 0 Å². The van der Waals surface area contributed by atoms with Crippen LogP contribution >= 0.6 is 22.9 Å². The summed E-state index contributed by atoms with van der Waals surface area (Å²) < 4.78 is 0.867. The molecule has 0 spiro atoms. The second kappa shape index (κ2) is 7.84. The molecule has 0 unspecified atom stereocenters. The van der Waals surface area contributed by atoms with E-state index in [9.17, 15) is 4.79 Å². The number of nitrogens with two attached hydrogens (primary N) is 1. The number of fused-ring (bicyclic) bond motifs is 1. The summed E-state index contributed by atoms with van der Waals surface area (Å²) in [5, 5.41) is 8.65. The van der Waals surface area contributed by atoms with Gasteiger partial charge in [0.25, 0.3) is 5.91 Å². The fourth-order valence-electron chi connectivity index (χ4n) is 3.41. The average molecular weight is 401 g/mol. The summed E-state index contributed by atoms with van der Waals surface area (Å²) in [4.78, 5) is 17.5. The molecular weight excluding hydrogens is 380 g/mol. The van der Waals surface area contributed by atoms with E-state index in [1.807, 2.05) is 24.3 Å². The van der Waals surface area contributed by atoms with Gasteiger partial charge in [-0.25, -0.2) is 4.98 Å². The third-order valence-electron chi connectivity index (χ3n) is 4.84. The molecule has 4 rings (SSSR count). The molecule has 1 atom stereocenters. The molecule has 0 bridgehead atoms. The van der Waals surface area contributed by atoms with Crippen LogP contribution in [-0.4, -0.2) is 30.0 Å². The smallest absolute Gasteiger partial charge is 0.251 e. The maximum absolute atomic E-state index is 11.9. The number of nitrogens with one attached hydrogen (secondary N) is 2. The van der Waals surface area contributed by atoms with Crippen LogP contribution in [0.5, 0.6) is 0 Å². The highest BCUT2D eigenvalue weighted by Gasteiger charge is 2.19. The van der Waals surface area contributed by atoms with E-state index in [1.54, 1.807) is 17.5 Å². The lowest BCUT2D eigenvalue weighted by atomic mass is 10.1. The zero-order chi connectivity index (χ0) is 18.8. The van der Waals surface area contributed by atoms with Gasteiger partial charge in [0.05, 0.1) is 10.3 Å². The zero-order valence-corrected chi connectivity index (χ0v) is 16.4. The highest BCUT2D eigenvalue weighted by atomic mass is 35.5. The Hall–Kier alpha value is -2.15. The van der Waals surface area contributed by atoms with E-state index in [0.717, 1.165) is 45.9 Å². The molecule has 7 heteroatoms. The summed E-state index contributed by atoms with van der Waals surface area (Å²) in [7, 11) is 0. The molecule has 1 amide bonds. The normalized spacial score (nSPS) is 17.6. The van der Waals surface area contributed by atoms with Gasteiger partial charge in [-0.1, -0.05) is 30.2 Å². The first-order valence-electron chi connectivity index (χ1n) is 9.07. The third-order valence-corrected chi connectivity index (χ3v) is 6.31. The molecule has 1 saturated heterocycles. The Balaban J connectivity index is 1.76. The number of hydrogen-bond acceptors (Lipinski definition) is 5. The highest BCUT2D eigenvalue weighted by molar-refractivity contribution is 7.22. The van der Waals surface area contributed by atoms with E-state index in [0.29, 0.717) is 16.6 Å². The van der Waals surface area contributed by atoms with E-state index in [4.69, 9.17) is 17.3 Å². The second-order valence-electron chi connectivity index (χ2n) is 6.79. The highest BCUT2D eigenvalue weighted by Crippen LogP contribution is 2.38. The first-order valence-corrected chi connectivity index (χ1v) is 10.3. The van der Waals surface area contributed by atoms with Gasteiger partial charge in [0.15, 0.2) is 0 Å². The SMILES string of the molecule is NC(=O)c1cnc(N[C@H]2CCCCNC2)c2cc(-c3ccc(Cl)cc3)sc12. The van der Waals surface area contributed by atoms with Crippen molar-refractivity contribution in [3.8, 4) is 10.4 Å². The molecule has 4 N–H and O–H groups in total. The quantitative estimate of drug-likeness (QED) is 0.611. The van der Waals surface area contributed by atoms with Gasteiger partial charge in [0.1, 0.15) is 5.82 Å². The van der Waals surface area contributed by atoms with Crippen LogP contribution in [0.15, 0.2) is 36.5 Å². The van der Waals surface area contributed by atoms with Crippen molar-refractivity contribution in [2.24, 2.45) is 5.73 Å². The minimum absolute atomic E-state index is 0.321. The van der Waals surface area contributed by atoms with E-state index >= 15 is 0 Å². The molecule has 3 aromatic rings. The molecule has 0 saturated carbocycles. The lowest BCUT2D eigenvalue weighted by molar-refractivity contribution is 0.100. The summed E-state index contributed by atoms with van der Waals surface area (Å²) in [6.45, 7) is 1.97. The molecule has 1 aromatic carbocycles. The van der Waals surface area contributed by atoms with E-state index < -0.39 is 5.91 Å². The molecule has 1 aliphatic rings.